The summed E-state index contributed by atoms with van der Waals surface area (Å²) >= 11 is 0. The Morgan fingerprint density at radius 1 is 1.47 bits per heavy atom. The van der Waals surface area contributed by atoms with Crippen molar-refractivity contribution in [1.29, 1.82) is 0 Å². The normalized spacial score (nSPS) is 14.0. The number of hydrogen-bond acceptors (Lipinski definition) is 4. The first-order chi connectivity index (χ1) is 6.94. The smallest absolute Gasteiger partial charge is 0.161 e. The van der Waals surface area contributed by atoms with Crippen molar-refractivity contribution in [2.75, 3.05) is 14.2 Å². The van der Waals surface area contributed by atoms with Crippen LogP contribution in [0.1, 0.15) is 25.6 Å². The molecule has 0 aliphatic heterocycles. The lowest BCUT2D eigenvalue weighted by Crippen LogP contribution is -2.38. The summed E-state index contributed by atoms with van der Waals surface area (Å²) in [6, 6.07) is -0.287. The molecule has 5 nitrogen and oxygen atoms in total. The largest absolute Gasteiger partial charge is 0.493 e. The first kappa shape index (κ1) is 12.0. The summed E-state index contributed by atoms with van der Waals surface area (Å²) < 4.78 is 12.3. The molecular formula is C10H19N3O2. The van der Waals surface area contributed by atoms with Gasteiger partial charge < -0.3 is 15.2 Å². The van der Waals surface area contributed by atoms with Gasteiger partial charge in [0.25, 0.3) is 0 Å². The van der Waals surface area contributed by atoms with E-state index in [1.165, 1.54) is 0 Å². The van der Waals surface area contributed by atoms with Crippen LogP contribution in [0.5, 0.6) is 5.75 Å². The van der Waals surface area contributed by atoms with Gasteiger partial charge in [-0.1, -0.05) is 0 Å². The standard InChI is InChI=1S/C10H19N3O2/c1-10(2,15-5)9(11)8-7(14-4)6-12-13(8)3/h6,9H,11H2,1-5H3. The second kappa shape index (κ2) is 4.20. The van der Waals surface area contributed by atoms with E-state index in [1.807, 2.05) is 20.9 Å². The minimum atomic E-state index is -0.457. The fraction of sp³-hybridized carbons (Fsp3) is 0.700. The van der Waals surface area contributed by atoms with Crippen LogP contribution in [0.15, 0.2) is 6.20 Å². The van der Waals surface area contributed by atoms with Gasteiger partial charge in [0, 0.05) is 14.2 Å². The van der Waals surface area contributed by atoms with E-state index in [1.54, 1.807) is 25.1 Å². The van der Waals surface area contributed by atoms with E-state index in [2.05, 4.69) is 5.10 Å². The Hall–Kier alpha value is -1.07. The molecule has 86 valence electrons. The van der Waals surface area contributed by atoms with E-state index in [9.17, 15) is 0 Å². The van der Waals surface area contributed by atoms with Gasteiger partial charge in [-0.05, 0) is 13.8 Å². The fourth-order valence-corrected chi connectivity index (χ4v) is 1.39. The summed E-state index contributed by atoms with van der Waals surface area (Å²) in [5.41, 5.74) is 6.52. The Morgan fingerprint density at radius 2 is 2.07 bits per heavy atom. The molecule has 1 atom stereocenters. The molecule has 1 heterocycles. The Labute approximate surface area is 90.2 Å². The highest BCUT2D eigenvalue weighted by molar-refractivity contribution is 5.29. The summed E-state index contributed by atoms with van der Waals surface area (Å²) in [4.78, 5) is 0. The van der Waals surface area contributed by atoms with Crippen LogP contribution in [0.3, 0.4) is 0 Å². The number of aryl methyl sites for hydroxylation is 1. The maximum atomic E-state index is 6.14. The Bertz CT molecular complexity index is 333. The molecule has 15 heavy (non-hydrogen) atoms. The third-order valence-corrected chi connectivity index (χ3v) is 2.74. The zero-order chi connectivity index (χ0) is 11.6. The number of ether oxygens (including phenoxy) is 2. The maximum absolute atomic E-state index is 6.14. The highest BCUT2D eigenvalue weighted by atomic mass is 16.5. The molecule has 1 rings (SSSR count). The zero-order valence-corrected chi connectivity index (χ0v) is 9.94. The molecule has 5 heteroatoms. The molecule has 0 aliphatic rings. The third-order valence-electron chi connectivity index (χ3n) is 2.74. The molecule has 0 saturated carbocycles. The Balaban J connectivity index is 3.09. The van der Waals surface area contributed by atoms with Crippen molar-refractivity contribution in [3.63, 3.8) is 0 Å². The second-order valence-electron chi connectivity index (χ2n) is 4.01. The number of aromatic nitrogens is 2. The fourth-order valence-electron chi connectivity index (χ4n) is 1.39. The summed E-state index contributed by atoms with van der Waals surface area (Å²) in [6.45, 7) is 3.87. The minimum Gasteiger partial charge on any atom is -0.493 e. The van der Waals surface area contributed by atoms with Crippen molar-refractivity contribution in [2.24, 2.45) is 12.8 Å². The topological polar surface area (TPSA) is 62.3 Å². The molecule has 0 amide bonds. The molecule has 0 aromatic carbocycles. The summed E-state index contributed by atoms with van der Waals surface area (Å²) in [5, 5.41) is 4.11. The molecule has 2 N–H and O–H groups in total. The molecule has 0 saturated heterocycles. The van der Waals surface area contributed by atoms with E-state index in [0.717, 1.165) is 5.69 Å². The van der Waals surface area contributed by atoms with Crippen LogP contribution < -0.4 is 10.5 Å². The van der Waals surface area contributed by atoms with Gasteiger partial charge in [-0.2, -0.15) is 5.10 Å². The van der Waals surface area contributed by atoms with E-state index in [-0.39, 0.29) is 6.04 Å². The lowest BCUT2D eigenvalue weighted by Gasteiger charge is -2.30. The molecule has 1 aromatic rings. The quantitative estimate of drug-likeness (QED) is 0.805. The highest BCUT2D eigenvalue weighted by Crippen LogP contribution is 2.31. The predicted octanol–water partition coefficient (Wildman–Crippen LogP) is 0.853. The summed E-state index contributed by atoms with van der Waals surface area (Å²) in [7, 11) is 5.08. The van der Waals surface area contributed by atoms with Gasteiger partial charge in [-0.25, -0.2) is 0 Å². The SMILES string of the molecule is COc1cnn(C)c1C(N)C(C)(C)OC. The summed E-state index contributed by atoms with van der Waals surface area (Å²) in [5.74, 6) is 0.690. The number of rotatable bonds is 4. The van der Waals surface area contributed by atoms with E-state index >= 15 is 0 Å². The molecular weight excluding hydrogens is 194 g/mol. The lowest BCUT2D eigenvalue weighted by molar-refractivity contribution is -0.00257. The van der Waals surface area contributed by atoms with Crippen molar-refractivity contribution >= 4 is 0 Å². The van der Waals surface area contributed by atoms with Gasteiger partial charge in [0.1, 0.15) is 0 Å². The van der Waals surface area contributed by atoms with Crippen molar-refractivity contribution in [1.82, 2.24) is 9.78 Å². The van der Waals surface area contributed by atoms with Gasteiger partial charge in [-0.3, -0.25) is 4.68 Å². The average Bonchev–Trinajstić information content (AvgIpc) is 2.58. The predicted molar refractivity (Wildman–Crippen MR) is 57.8 cm³/mol. The maximum Gasteiger partial charge on any atom is 0.161 e. The molecule has 0 aliphatic carbocycles. The Kier molecular flexibility index (Phi) is 3.36. The van der Waals surface area contributed by atoms with Crippen LogP contribution in [-0.4, -0.2) is 29.6 Å². The van der Waals surface area contributed by atoms with Crippen molar-refractivity contribution in [3.8, 4) is 5.75 Å². The van der Waals surface area contributed by atoms with E-state index in [4.69, 9.17) is 15.2 Å². The first-order valence-electron chi connectivity index (χ1n) is 4.80. The van der Waals surface area contributed by atoms with Crippen LogP contribution in [0.2, 0.25) is 0 Å². The van der Waals surface area contributed by atoms with Crippen LogP contribution in [0.4, 0.5) is 0 Å². The van der Waals surface area contributed by atoms with Gasteiger partial charge in [0.2, 0.25) is 0 Å². The van der Waals surface area contributed by atoms with Gasteiger partial charge in [0.05, 0.1) is 30.6 Å². The highest BCUT2D eigenvalue weighted by Gasteiger charge is 2.32. The number of hydrogen-bond donors (Lipinski definition) is 1. The van der Waals surface area contributed by atoms with Crippen LogP contribution in [0, 0.1) is 0 Å². The van der Waals surface area contributed by atoms with E-state index < -0.39 is 5.60 Å². The molecule has 1 aromatic heterocycles. The van der Waals surface area contributed by atoms with Gasteiger partial charge in [-0.15, -0.1) is 0 Å². The average molecular weight is 213 g/mol. The van der Waals surface area contributed by atoms with Gasteiger partial charge in [0.15, 0.2) is 5.75 Å². The van der Waals surface area contributed by atoms with Crippen molar-refractivity contribution in [3.05, 3.63) is 11.9 Å². The van der Waals surface area contributed by atoms with Crippen LogP contribution in [-0.2, 0) is 11.8 Å². The zero-order valence-electron chi connectivity index (χ0n) is 9.94. The number of nitrogens with zero attached hydrogens (tertiary/aromatic N) is 2. The van der Waals surface area contributed by atoms with Crippen LogP contribution >= 0.6 is 0 Å². The lowest BCUT2D eigenvalue weighted by atomic mass is 9.96. The van der Waals surface area contributed by atoms with Crippen LogP contribution in [0.25, 0.3) is 0 Å². The molecule has 0 radical (unpaired) electrons. The molecule has 0 fully saturated rings. The second-order valence-corrected chi connectivity index (χ2v) is 4.01. The third kappa shape index (κ3) is 2.13. The molecule has 1 unspecified atom stereocenters. The Morgan fingerprint density at radius 3 is 2.53 bits per heavy atom. The number of methoxy groups -OCH3 is 2. The summed E-state index contributed by atoms with van der Waals surface area (Å²) in [6.07, 6.45) is 1.65. The van der Waals surface area contributed by atoms with E-state index in [0.29, 0.717) is 5.75 Å². The number of nitrogens with two attached hydrogens (primary N) is 1. The monoisotopic (exact) mass is 213 g/mol. The molecule has 0 bridgehead atoms. The van der Waals surface area contributed by atoms with Crippen molar-refractivity contribution in [2.45, 2.75) is 25.5 Å². The first-order valence-corrected chi connectivity index (χ1v) is 4.80. The molecule has 0 spiro atoms. The van der Waals surface area contributed by atoms with Crippen molar-refractivity contribution < 1.29 is 9.47 Å². The minimum absolute atomic E-state index is 0.287. The van der Waals surface area contributed by atoms with Gasteiger partial charge >= 0.3 is 0 Å².